The van der Waals surface area contributed by atoms with E-state index in [-0.39, 0.29) is 0 Å². The summed E-state index contributed by atoms with van der Waals surface area (Å²) >= 11 is 0. The number of H-pyrrole nitrogens is 1. The van der Waals surface area contributed by atoms with E-state index < -0.39 is 0 Å². The largest absolute Gasteiger partial charge is 0.276 e. The van der Waals surface area contributed by atoms with Gasteiger partial charge < -0.3 is 0 Å². The molecule has 0 aliphatic carbocycles. The lowest BCUT2D eigenvalue weighted by Gasteiger charge is -2.11. The van der Waals surface area contributed by atoms with Gasteiger partial charge in [-0.15, -0.1) is 0 Å². The van der Waals surface area contributed by atoms with Gasteiger partial charge in [-0.1, -0.05) is 0 Å². The molecule has 0 radical (unpaired) electrons. The molecular weight excluding hydrogens is 144 g/mol. The summed E-state index contributed by atoms with van der Waals surface area (Å²) in [6.07, 6.45) is 4.14. The molecule has 5 heteroatoms. The molecule has 0 spiro atoms. The Morgan fingerprint density at radius 1 is 1.55 bits per heavy atom. The maximum Gasteiger partial charge on any atom is 0.152 e. The lowest BCUT2D eigenvalue weighted by atomic mass is 10.2. The van der Waals surface area contributed by atoms with E-state index in [1.807, 2.05) is 0 Å². The van der Waals surface area contributed by atoms with Crippen LogP contribution >= 0.6 is 0 Å². The Bertz CT molecular complexity index is 254. The molecule has 5 nitrogen and oxygen atoms in total. The Kier molecular flexibility index (Phi) is 1.57. The predicted octanol–water partition coefficient (Wildman–Crippen LogP) is 0.0705. The normalized spacial score (nSPS) is 17.3. The van der Waals surface area contributed by atoms with Gasteiger partial charge in [0, 0.05) is 18.2 Å². The molecule has 0 bridgehead atoms. The molecule has 0 fully saturated rings. The fourth-order valence-corrected chi connectivity index (χ4v) is 0.952. The molecule has 0 saturated heterocycles. The molecule has 58 valence electrons. The summed E-state index contributed by atoms with van der Waals surface area (Å²) in [5.41, 5.74) is 3.76. The van der Waals surface area contributed by atoms with Crippen molar-refractivity contribution in [2.45, 2.75) is 6.42 Å². The van der Waals surface area contributed by atoms with Crippen molar-refractivity contribution < 1.29 is 4.84 Å². The number of aromatic amines is 1. The predicted molar refractivity (Wildman–Crippen MR) is 38.1 cm³/mol. The molecule has 1 aromatic rings. The number of rotatable bonds is 1. The van der Waals surface area contributed by atoms with E-state index in [9.17, 15) is 0 Å². The van der Waals surface area contributed by atoms with E-state index in [2.05, 4.69) is 20.7 Å². The van der Waals surface area contributed by atoms with Gasteiger partial charge in [-0.3, -0.25) is 15.4 Å². The van der Waals surface area contributed by atoms with Gasteiger partial charge in [-0.05, 0) is 0 Å². The second-order valence-electron chi connectivity index (χ2n) is 2.22. The van der Waals surface area contributed by atoms with Crippen LogP contribution in [0.4, 0.5) is 0 Å². The van der Waals surface area contributed by atoms with Crippen LogP contribution in [0.5, 0.6) is 0 Å². The van der Waals surface area contributed by atoms with E-state index >= 15 is 0 Å². The SMILES string of the molecule is C1=C(c2ncn[nH]2)CCON1. The fourth-order valence-electron chi connectivity index (χ4n) is 0.952. The van der Waals surface area contributed by atoms with Crippen molar-refractivity contribution in [1.82, 2.24) is 20.7 Å². The quantitative estimate of drug-likeness (QED) is 0.597. The minimum absolute atomic E-state index is 0.673. The second kappa shape index (κ2) is 2.71. The summed E-state index contributed by atoms with van der Waals surface area (Å²) in [5.74, 6) is 0.806. The number of hydrogen-bond donors (Lipinski definition) is 2. The van der Waals surface area contributed by atoms with Gasteiger partial charge in [0.15, 0.2) is 5.82 Å². The van der Waals surface area contributed by atoms with Gasteiger partial charge in [0.25, 0.3) is 0 Å². The third-order valence-electron chi connectivity index (χ3n) is 1.51. The molecule has 2 heterocycles. The average molecular weight is 152 g/mol. The molecule has 2 N–H and O–H groups in total. The minimum Gasteiger partial charge on any atom is -0.276 e. The Morgan fingerprint density at radius 2 is 2.55 bits per heavy atom. The number of nitrogens with one attached hydrogen (secondary N) is 2. The maximum absolute atomic E-state index is 4.91. The lowest BCUT2D eigenvalue weighted by Crippen LogP contribution is -2.15. The van der Waals surface area contributed by atoms with Crippen molar-refractivity contribution in [3.8, 4) is 0 Å². The van der Waals surface area contributed by atoms with Crippen LogP contribution in [0.1, 0.15) is 12.2 Å². The number of aromatic nitrogens is 3. The van der Waals surface area contributed by atoms with Crippen LogP contribution in [-0.2, 0) is 4.84 Å². The highest BCUT2D eigenvalue weighted by molar-refractivity contribution is 5.58. The first-order valence-corrected chi connectivity index (χ1v) is 3.39. The molecule has 0 atom stereocenters. The zero-order valence-electron chi connectivity index (χ0n) is 5.87. The summed E-state index contributed by atoms with van der Waals surface area (Å²) in [7, 11) is 0. The summed E-state index contributed by atoms with van der Waals surface area (Å²) in [6.45, 7) is 0.673. The molecule has 1 aliphatic rings. The van der Waals surface area contributed by atoms with Gasteiger partial charge >= 0.3 is 0 Å². The van der Waals surface area contributed by atoms with Crippen molar-refractivity contribution in [3.05, 3.63) is 18.4 Å². The smallest absolute Gasteiger partial charge is 0.152 e. The Labute approximate surface area is 63.4 Å². The maximum atomic E-state index is 4.91. The van der Waals surface area contributed by atoms with Crippen LogP contribution in [0.15, 0.2) is 12.5 Å². The minimum atomic E-state index is 0.673. The van der Waals surface area contributed by atoms with Crippen molar-refractivity contribution >= 4 is 5.57 Å². The first-order valence-electron chi connectivity index (χ1n) is 3.39. The summed E-state index contributed by atoms with van der Waals surface area (Å²) in [5, 5.41) is 6.53. The molecule has 1 aliphatic heterocycles. The van der Waals surface area contributed by atoms with Gasteiger partial charge in [0.2, 0.25) is 0 Å². The van der Waals surface area contributed by atoms with Crippen molar-refractivity contribution in [2.24, 2.45) is 0 Å². The van der Waals surface area contributed by atoms with E-state index in [1.165, 1.54) is 6.33 Å². The molecule has 0 saturated carbocycles. The van der Waals surface area contributed by atoms with Crippen LogP contribution in [0.3, 0.4) is 0 Å². The molecule has 0 unspecified atom stereocenters. The van der Waals surface area contributed by atoms with Gasteiger partial charge in [0.05, 0.1) is 6.61 Å². The van der Waals surface area contributed by atoms with Gasteiger partial charge in [-0.2, -0.15) is 5.10 Å². The summed E-state index contributed by atoms with van der Waals surface area (Å²) in [4.78, 5) is 8.92. The van der Waals surface area contributed by atoms with E-state index in [4.69, 9.17) is 4.84 Å². The number of hydrogen-bond acceptors (Lipinski definition) is 4. The monoisotopic (exact) mass is 152 g/mol. The van der Waals surface area contributed by atoms with Crippen LogP contribution < -0.4 is 5.48 Å². The highest BCUT2D eigenvalue weighted by Crippen LogP contribution is 2.13. The third-order valence-corrected chi connectivity index (χ3v) is 1.51. The topological polar surface area (TPSA) is 62.8 Å². The van der Waals surface area contributed by atoms with Crippen LogP contribution in [0, 0.1) is 0 Å². The molecule has 0 aromatic carbocycles. The highest BCUT2D eigenvalue weighted by Gasteiger charge is 2.07. The first kappa shape index (κ1) is 6.36. The third kappa shape index (κ3) is 1.22. The number of hydroxylamine groups is 1. The standard InChI is InChI=1S/C6H8N4O/c1-2-11-9-3-5(1)6-7-4-8-10-6/h3-4,9H,1-2H2,(H,7,8,10). The Hall–Kier alpha value is -1.36. The zero-order valence-corrected chi connectivity index (χ0v) is 5.87. The average Bonchev–Trinajstić information content (AvgIpc) is 2.58. The van der Waals surface area contributed by atoms with Gasteiger partial charge in [-0.25, -0.2) is 4.98 Å². The van der Waals surface area contributed by atoms with Crippen molar-refractivity contribution in [3.63, 3.8) is 0 Å². The molecular formula is C6H8N4O. The first-order chi connectivity index (χ1) is 5.47. The van der Waals surface area contributed by atoms with Crippen LogP contribution in [0.25, 0.3) is 5.57 Å². The Morgan fingerprint density at radius 3 is 3.18 bits per heavy atom. The number of nitrogens with zero attached hydrogens (tertiary/aromatic N) is 2. The fraction of sp³-hybridized carbons (Fsp3) is 0.333. The Balaban J connectivity index is 2.22. The van der Waals surface area contributed by atoms with Crippen LogP contribution in [-0.4, -0.2) is 21.8 Å². The highest BCUT2D eigenvalue weighted by atomic mass is 16.6. The zero-order chi connectivity index (χ0) is 7.52. The molecule has 1 aromatic heterocycles. The van der Waals surface area contributed by atoms with Crippen molar-refractivity contribution in [1.29, 1.82) is 0 Å². The van der Waals surface area contributed by atoms with Crippen molar-refractivity contribution in [2.75, 3.05) is 6.61 Å². The van der Waals surface area contributed by atoms with E-state index in [1.54, 1.807) is 6.20 Å². The molecule has 2 rings (SSSR count). The van der Waals surface area contributed by atoms with E-state index in [0.717, 1.165) is 17.8 Å². The molecule has 0 amide bonds. The van der Waals surface area contributed by atoms with E-state index in [0.29, 0.717) is 6.61 Å². The second-order valence-corrected chi connectivity index (χ2v) is 2.22. The summed E-state index contributed by atoms with van der Waals surface area (Å²) in [6, 6.07) is 0. The van der Waals surface area contributed by atoms with Gasteiger partial charge in [0.1, 0.15) is 6.33 Å². The lowest BCUT2D eigenvalue weighted by molar-refractivity contribution is 0.0683. The molecule has 11 heavy (non-hydrogen) atoms. The van der Waals surface area contributed by atoms with Crippen LogP contribution in [0.2, 0.25) is 0 Å². The summed E-state index contributed by atoms with van der Waals surface area (Å²) < 4.78 is 0.